The first kappa shape index (κ1) is 24.7. The number of benzene rings is 2. The van der Waals surface area contributed by atoms with Gasteiger partial charge in [0.05, 0.1) is 19.1 Å². The molecule has 1 atom stereocenters. The van der Waals surface area contributed by atoms with Crippen molar-refractivity contribution in [2.75, 3.05) is 31.3 Å². The molecule has 10 heteroatoms. The summed E-state index contributed by atoms with van der Waals surface area (Å²) < 4.78 is 31.8. The second kappa shape index (κ2) is 10.6. The molecule has 2 aromatic carbocycles. The van der Waals surface area contributed by atoms with Gasteiger partial charge in [-0.25, -0.2) is 8.42 Å². The molecular weight excluding hydrogens is 486 g/mol. The van der Waals surface area contributed by atoms with E-state index < -0.39 is 28.5 Å². The fourth-order valence-corrected chi connectivity index (χ4v) is 4.28. The third kappa shape index (κ3) is 6.70. The highest BCUT2D eigenvalue weighted by Crippen LogP contribution is 2.22. The lowest BCUT2D eigenvalue weighted by Crippen LogP contribution is -2.50. The third-order valence-corrected chi connectivity index (χ3v) is 6.33. The van der Waals surface area contributed by atoms with Crippen LogP contribution in [0.2, 0.25) is 0 Å². The van der Waals surface area contributed by atoms with E-state index in [0.717, 1.165) is 20.6 Å². The maximum atomic E-state index is 13.3. The van der Waals surface area contributed by atoms with Crippen LogP contribution in [0.5, 0.6) is 5.75 Å². The average molecular weight is 512 g/mol. The van der Waals surface area contributed by atoms with E-state index in [2.05, 4.69) is 21.2 Å². The summed E-state index contributed by atoms with van der Waals surface area (Å²) in [5.41, 5.74) is 1.13. The predicted octanol–water partition coefficient (Wildman–Crippen LogP) is 2.39. The van der Waals surface area contributed by atoms with Gasteiger partial charge in [0, 0.05) is 18.1 Å². The van der Waals surface area contributed by atoms with Crippen LogP contribution in [-0.2, 0) is 26.2 Å². The molecule has 0 saturated heterocycles. The van der Waals surface area contributed by atoms with Crippen LogP contribution in [0.1, 0.15) is 12.5 Å². The van der Waals surface area contributed by atoms with E-state index in [1.165, 1.54) is 19.1 Å². The quantitative estimate of drug-likeness (QED) is 0.557. The summed E-state index contributed by atoms with van der Waals surface area (Å²) in [4.78, 5) is 26.9. The summed E-state index contributed by atoms with van der Waals surface area (Å²) in [6, 6.07) is 12.9. The summed E-state index contributed by atoms with van der Waals surface area (Å²) in [5.74, 6) is -0.288. The van der Waals surface area contributed by atoms with Crippen molar-refractivity contribution >= 4 is 43.5 Å². The van der Waals surface area contributed by atoms with E-state index in [1.54, 1.807) is 31.2 Å². The predicted molar refractivity (Wildman–Crippen MR) is 123 cm³/mol. The molecule has 0 aliphatic heterocycles. The van der Waals surface area contributed by atoms with Gasteiger partial charge in [0.1, 0.15) is 18.3 Å². The lowest BCUT2D eigenvalue weighted by molar-refractivity contribution is -0.139. The number of nitrogens with one attached hydrogen (secondary N) is 1. The molecule has 0 aliphatic rings. The Labute approximate surface area is 191 Å². The zero-order valence-electron chi connectivity index (χ0n) is 17.8. The van der Waals surface area contributed by atoms with Crippen molar-refractivity contribution in [3.63, 3.8) is 0 Å². The molecule has 1 unspecified atom stereocenters. The summed E-state index contributed by atoms with van der Waals surface area (Å²) in [5, 5.41) is 2.54. The SMILES string of the molecule is CNC(=O)C(C)N(Cc1cccc(Br)c1)C(=O)CN(c1ccc(OC)cc1)S(C)(=O)=O. The van der Waals surface area contributed by atoms with Crippen molar-refractivity contribution in [3.05, 3.63) is 58.6 Å². The molecule has 0 heterocycles. The number of halogens is 1. The summed E-state index contributed by atoms with van der Waals surface area (Å²) >= 11 is 3.40. The molecule has 0 aromatic heterocycles. The Morgan fingerprint density at radius 1 is 1.16 bits per heavy atom. The molecule has 0 fully saturated rings. The number of amides is 2. The zero-order valence-corrected chi connectivity index (χ0v) is 20.2. The molecule has 1 N–H and O–H groups in total. The molecule has 31 heavy (non-hydrogen) atoms. The van der Waals surface area contributed by atoms with Gasteiger partial charge in [-0.1, -0.05) is 28.1 Å². The van der Waals surface area contributed by atoms with E-state index in [9.17, 15) is 18.0 Å². The molecule has 2 aromatic rings. The van der Waals surface area contributed by atoms with E-state index in [-0.39, 0.29) is 12.5 Å². The fraction of sp³-hybridized carbons (Fsp3) is 0.333. The first-order chi connectivity index (χ1) is 14.6. The Bertz CT molecular complexity index is 1030. The minimum atomic E-state index is -3.76. The van der Waals surface area contributed by atoms with Gasteiger partial charge in [-0.3, -0.25) is 13.9 Å². The Morgan fingerprint density at radius 3 is 2.32 bits per heavy atom. The van der Waals surface area contributed by atoms with Crippen molar-refractivity contribution < 1.29 is 22.7 Å². The Balaban J connectivity index is 2.36. The molecule has 0 spiro atoms. The van der Waals surface area contributed by atoms with Crippen molar-refractivity contribution in [2.45, 2.75) is 19.5 Å². The van der Waals surface area contributed by atoms with Crippen LogP contribution in [0.4, 0.5) is 5.69 Å². The maximum Gasteiger partial charge on any atom is 0.244 e. The Morgan fingerprint density at radius 2 is 1.81 bits per heavy atom. The zero-order chi connectivity index (χ0) is 23.2. The summed E-state index contributed by atoms with van der Waals surface area (Å²) in [7, 11) is -0.767. The van der Waals surface area contributed by atoms with Crippen molar-refractivity contribution in [3.8, 4) is 5.75 Å². The highest BCUT2D eigenvalue weighted by molar-refractivity contribution is 9.10. The van der Waals surface area contributed by atoms with Gasteiger partial charge < -0.3 is 15.0 Å². The molecule has 0 aliphatic carbocycles. The van der Waals surface area contributed by atoms with Crippen LogP contribution < -0.4 is 14.4 Å². The number of hydrogen-bond acceptors (Lipinski definition) is 5. The van der Waals surface area contributed by atoms with E-state index in [0.29, 0.717) is 11.4 Å². The third-order valence-electron chi connectivity index (χ3n) is 4.70. The topological polar surface area (TPSA) is 96.0 Å². The fourth-order valence-electron chi connectivity index (χ4n) is 2.99. The average Bonchev–Trinajstić information content (AvgIpc) is 2.74. The first-order valence-electron chi connectivity index (χ1n) is 9.44. The number of methoxy groups -OCH3 is 1. The minimum absolute atomic E-state index is 0.146. The molecule has 2 amide bonds. The highest BCUT2D eigenvalue weighted by atomic mass is 79.9. The number of carbonyl (C=O) groups is 2. The molecular formula is C21H26BrN3O5S. The first-order valence-corrected chi connectivity index (χ1v) is 12.1. The van der Waals surface area contributed by atoms with Gasteiger partial charge in [-0.05, 0) is 48.9 Å². The van der Waals surface area contributed by atoms with Crippen LogP contribution >= 0.6 is 15.9 Å². The number of carbonyl (C=O) groups excluding carboxylic acids is 2. The molecule has 0 radical (unpaired) electrons. The molecule has 0 bridgehead atoms. The number of anilines is 1. The highest BCUT2D eigenvalue weighted by Gasteiger charge is 2.29. The number of nitrogens with zero attached hydrogens (tertiary/aromatic N) is 2. The van der Waals surface area contributed by atoms with Crippen LogP contribution in [0, 0.1) is 0 Å². The standard InChI is InChI=1S/C21H26BrN3O5S/c1-15(21(27)23-2)24(13-16-6-5-7-17(22)12-16)20(26)14-25(31(4,28)29)18-8-10-19(30-3)11-9-18/h5-12,15H,13-14H2,1-4H3,(H,23,27). The van der Waals surface area contributed by atoms with Gasteiger partial charge in [0.25, 0.3) is 0 Å². The van der Waals surface area contributed by atoms with E-state index >= 15 is 0 Å². The van der Waals surface area contributed by atoms with Crippen LogP contribution in [-0.4, -0.2) is 58.1 Å². The smallest absolute Gasteiger partial charge is 0.244 e. The number of hydrogen-bond donors (Lipinski definition) is 1. The van der Waals surface area contributed by atoms with E-state index in [4.69, 9.17) is 4.74 Å². The van der Waals surface area contributed by atoms with Crippen molar-refractivity contribution in [1.82, 2.24) is 10.2 Å². The van der Waals surface area contributed by atoms with Crippen LogP contribution in [0.15, 0.2) is 53.0 Å². The maximum absolute atomic E-state index is 13.3. The lowest BCUT2D eigenvalue weighted by Gasteiger charge is -2.31. The summed E-state index contributed by atoms with van der Waals surface area (Å²) in [6.07, 6.45) is 1.03. The normalized spacial score (nSPS) is 12.0. The number of sulfonamides is 1. The molecule has 0 saturated carbocycles. The second-order valence-corrected chi connectivity index (χ2v) is 9.73. The lowest BCUT2D eigenvalue weighted by atomic mass is 10.1. The van der Waals surface area contributed by atoms with Crippen LogP contribution in [0.25, 0.3) is 0 Å². The van der Waals surface area contributed by atoms with Gasteiger partial charge in [0.2, 0.25) is 21.8 Å². The molecule has 2 rings (SSSR count). The molecule has 168 valence electrons. The Kier molecular flexibility index (Phi) is 8.46. The number of rotatable bonds is 9. The van der Waals surface area contributed by atoms with Crippen molar-refractivity contribution in [2.24, 2.45) is 0 Å². The van der Waals surface area contributed by atoms with E-state index in [1.807, 2.05) is 24.3 Å². The largest absolute Gasteiger partial charge is 0.497 e. The van der Waals surface area contributed by atoms with Gasteiger partial charge in [0.15, 0.2) is 0 Å². The monoisotopic (exact) mass is 511 g/mol. The summed E-state index contributed by atoms with van der Waals surface area (Å²) in [6.45, 7) is 1.31. The number of ether oxygens (including phenoxy) is 1. The van der Waals surface area contributed by atoms with Crippen molar-refractivity contribution in [1.29, 1.82) is 0 Å². The van der Waals surface area contributed by atoms with Gasteiger partial charge in [-0.15, -0.1) is 0 Å². The number of likely N-dealkylation sites (N-methyl/N-ethyl adjacent to an activating group) is 1. The molecule has 8 nitrogen and oxygen atoms in total. The Hall–Kier alpha value is -2.59. The van der Waals surface area contributed by atoms with Crippen LogP contribution in [0.3, 0.4) is 0 Å². The van der Waals surface area contributed by atoms with Gasteiger partial charge in [-0.2, -0.15) is 0 Å². The van der Waals surface area contributed by atoms with Gasteiger partial charge >= 0.3 is 0 Å². The minimum Gasteiger partial charge on any atom is -0.497 e. The second-order valence-electron chi connectivity index (χ2n) is 6.91.